The molecular weight excluding hydrogens is 426 g/mol. The van der Waals surface area contributed by atoms with Crippen LogP contribution in [0.1, 0.15) is 60.0 Å². The van der Waals surface area contributed by atoms with Crippen LogP contribution in [-0.2, 0) is 22.4 Å². The van der Waals surface area contributed by atoms with Crippen LogP contribution in [0.25, 0.3) is 6.08 Å². The van der Waals surface area contributed by atoms with Crippen LogP contribution in [0.5, 0.6) is 11.5 Å². The smallest absolute Gasteiger partial charge is 0.341 e. The van der Waals surface area contributed by atoms with Crippen molar-refractivity contribution in [2.75, 3.05) is 25.6 Å². The number of carbonyl (C=O) groups is 2. The summed E-state index contributed by atoms with van der Waals surface area (Å²) in [5, 5.41) is 3.46. The predicted octanol–water partition coefficient (Wildman–Crippen LogP) is 5.50. The van der Waals surface area contributed by atoms with Crippen molar-refractivity contribution in [3.63, 3.8) is 0 Å². The quantitative estimate of drug-likeness (QED) is 0.398. The maximum Gasteiger partial charge on any atom is 0.341 e. The number of fused-ring (bicyclic) bond motifs is 1. The maximum atomic E-state index is 12.7. The number of methoxy groups -OCH3 is 1. The number of benzene rings is 1. The fourth-order valence-corrected chi connectivity index (χ4v) is 5.10. The lowest BCUT2D eigenvalue weighted by molar-refractivity contribution is -0.111. The molecular formula is C25H31NO5S. The first kappa shape index (κ1) is 23.9. The van der Waals surface area contributed by atoms with E-state index < -0.39 is 0 Å². The van der Waals surface area contributed by atoms with E-state index in [1.165, 1.54) is 22.3 Å². The van der Waals surface area contributed by atoms with Gasteiger partial charge in [-0.2, -0.15) is 0 Å². The van der Waals surface area contributed by atoms with Crippen LogP contribution in [-0.4, -0.2) is 32.2 Å². The largest absolute Gasteiger partial charge is 0.493 e. The molecule has 32 heavy (non-hydrogen) atoms. The number of hydrogen-bond donors (Lipinski definition) is 1. The number of anilines is 1. The minimum Gasteiger partial charge on any atom is -0.493 e. The minimum atomic E-state index is -0.369. The molecule has 1 heterocycles. The molecule has 1 amide bonds. The summed E-state index contributed by atoms with van der Waals surface area (Å²) in [6.07, 6.45) is 6.86. The molecule has 1 aromatic heterocycles. The van der Waals surface area contributed by atoms with Gasteiger partial charge in [0, 0.05) is 11.0 Å². The van der Waals surface area contributed by atoms with E-state index in [-0.39, 0.29) is 11.9 Å². The first-order valence-electron chi connectivity index (χ1n) is 11.1. The molecule has 1 aliphatic carbocycles. The highest BCUT2D eigenvalue weighted by Crippen LogP contribution is 2.40. The summed E-state index contributed by atoms with van der Waals surface area (Å²) in [6, 6.07) is 5.52. The van der Waals surface area contributed by atoms with Crippen molar-refractivity contribution in [2.24, 2.45) is 5.92 Å². The lowest BCUT2D eigenvalue weighted by Gasteiger charge is -2.18. The normalized spacial score (nSPS) is 15.3. The lowest BCUT2D eigenvalue weighted by Crippen LogP contribution is -2.15. The van der Waals surface area contributed by atoms with E-state index in [1.807, 2.05) is 25.1 Å². The number of amides is 1. The summed E-state index contributed by atoms with van der Waals surface area (Å²) < 4.78 is 16.3. The average molecular weight is 458 g/mol. The Bertz CT molecular complexity index is 994. The Hall–Kier alpha value is -2.80. The van der Waals surface area contributed by atoms with Crippen LogP contribution in [0.3, 0.4) is 0 Å². The molecule has 1 atom stereocenters. The predicted molar refractivity (Wildman–Crippen MR) is 128 cm³/mol. The van der Waals surface area contributed by atoms with E-state index in [0.717, 1.165) is 36.8 Å². The number of carbonyl (C=O) groups excluding carboxylic acids is 2. The lowest BCUT2D eigenvalue weighted by atomic mass is 9.88. The van der Waals surface area contributed by atoms with E-state index in [0.29, 0.717) is 41.2 Å². The number of thiophene rings is 1. The Kier molecular flexibility index (Phi) is 8.33. The molecule has 0 saturated carbocycles. The average Bonchev–Trinajstić information content (AvgIpc) is 3.13. The third-order valence-corrected chi connectivity index (χ3v) is 6.47. The molecule has 3 rings (SSSR count). The van der Waals surface area contributed by atoms with E-state index in [9.17, 15) is 9.59 Å². The molecule has 0 aliphatic heterocycles. The number of rotatable bonds is 9. The number of nitrogens with one attached hydrogen (secondary N) is 1. The van der Waals surface area contributed by atoms with Gasteiger partial charge in [0.1, 0.15) is 5.00 Å². The van der Waals surface area contributed by atoms with E-state index in [4.69, 9.17) is 14.2 Å². The van der Waals surface area contributed by atoms with Crippen molar-refractivity contribution in [3.05, 3.63) is 45.8 Å². The standard InChI is InChI=1S/C25H31NO5S/c1-5-13-31-19-11-8-17(15-20(19)29-4)9-12-22(27)26-24-23(25(28)30-6-2)18-10-7-16(3)14-21(18)32-24/h8-9,11-12,15-16H,5-7,10,13-14H2,1-4H3,(H,26,27)/b12-9+/t16-/m0/s1. The molecule has 2 aromatic rings. The number of ether oxygens (including phenoxy) is 3. The van der Waals surface area contributed by atoms with Gasteiger partial charge in [-0.3, -0.25) is 4.79 Å². The van der Waals surface area contributed by atoms with Crippen LogP contribution in [0.4, 0.5) is 5.00 Å². The Morgan fingerprint density at radius 1 is 1.25 bits per heavy atom. The van der Waals surface area contributed by atoms with Crippen molar-refractivity contribution in [1.29, 1.82) is 0 Å². The van der Waals surface area contributed by atoms with Gasteiger partial charge >= 0.3 is 5.97 Å². The molecule has 1 aliphatic rings. The first-order valence-corrected chi connectivity index (χ1v) is 11.9. The van der Waals surface area contributed by atoms with Gasteiger partial charge in [-0.25, -0.2) is 4.79 Å². The molecule has 0 fully saturated rings. The van der Waals surface area contributed by atoms with Crippen molar-refractivity contribution >= 4 is 34.3 Å². The van der Waals surface area contributed by atoms with Gasteiger partial charge in [0.2, 0.25) is 5.91 Å². The molecule has 1 N–H and O–H groups in total. The Morgan fingerprint density at radius 3 is 2.78 bits per heavy atom. The first-order chi connectivity index (χ1) is 15.5. The zero-order chi connectivity index (χ0) is 23.1. The zero-order valence-corrected chi connectivity index (χ0v) is 20.0. The summed E-state index contributed by atoms with van der Waals surface area (Å²) in [4.78, 5) is 26.4. The molecule has 0 spiro atoms. The second kappa shape index (κ2) is 11.2. The fourth-order valence-electron chi connectivity index (χ4n) is 3.70. The molecule has 0 bridgehead atoms. The highest BCUT2D eigenvalue weighted by atomic mass is 32.1. The SMILES string of the molecule is CCCOc1ccc(/C=C/C(=O)Nc2sc3c(c2C(=O)OCC)CC[C@H](C)C3)cc1OC. The summed E-state index contributed by atoms with van der Waals surface area (Å²) in [5.74, 6) is 1.19. The van der Waals surface area contributed by atoms with Gasteiger partial charge in [0.05, 0.1) is 25.9 Å². The number of esters is 1. The van der Waals surface area contributed by atoms with Gasteiger partial charge in [-0.05, 0) is 67.9 Å². The van der Waals surface area contributed by atoms with Gasteiger partial charge < -0.3 is 19.5 Å². The Labute approximate surface area is 193 Å². The molecule has 0 unspecified atom stereocenters. The molecule has 0 saturated heterocycles. The minimum absolute atomic E-state index is 0.299. The fraction of sp³-hybridized carbons (Fsp3) is 0.440. The summed E-state index contributed by atoms with van der Waals surface area (Å²) in [7, 11) is 1.59. The molecule has 172 valence electrons. The van der Waals surface area contributed by atoms with Crippen LogP contribution >= 0.6 is 11.3 Å². The van der Waals surface area contributed by atoms with Gasteiger partial charge in [-0.1, -0.05) is 19.9 Å². The second-order valence-electron chi connectivity index (χ2n) is 7.86. The van der Waals surface area contributed by atoms with Crippen LogP contribution in [0.15, 0.2) is 24.3 Å². The summed E-state index contributed by atoms with van der Waals surface area (Å²) in [5.41, 5.74) is 2.35. The molecule has 1 aromatic carbocycles. The Morgan fingerprint density at radius 2 is 2.06 bits per heavy atom. The third-order valence-electron chi connectivity index (χ3n) is 5.30. The van der Waals surface area contributed by atoms with Gasteiger partial charge in [0.25, 0.3) is 0 Å². The monoisotopic (exact) mass is 457 g/mol. The highest BCUT2D eigenvalue weighted by molar-refractivity contribution is 7.17. The van der Waals surface area contributed by atoms with Crippen molar-refractivity contribution in [3.8, 4) is 11.5 Å². The van der Waals surface area contributed by atoms with Crippen molar-refractivity contribution < 1.29 is 23.8 Å². The molecule has 0 radical (unpaired) electrons. The van der Waals surface area contributed by atoms with Gasteiger partial charge in [0.15, 0.2) is 11.5 Å². The Balaban J connectivity index is 1.77. The summed E-state index contributed by atoms with van der Waals surface area (Å²) >= 11 is 1.48. The highest BCUT2D eigenvalue weighted by Gasteiger charge is 2.28. The van der Waals surface area contributed by atoms with Crippen LogP contribution in [0, 0.1) is 5.92 Å². The maximum absolute atomic E-state index is 12.7. The third kappa shape index (κ3) is 5.71. The van der Waals surface area contributed by atoms with E-state index in [1.54, 1.807) is 20.1 Å². The van der Waals surface area contributed by atoms with Crippen LogP contribution in [0.2, 0.25) is 0 Å². The molecule has 6 nitrogen and oxygen atoms in total. The topological polar surface area (TPSA) is 73.9 Å². The van der Waals surface area contributed by atoms with Crippen molar-refractivity contribution in [2.45, 2.75) is 46.5 Å². The summed E-state index contributed by atoms with van der Waals surface area (Å²) in [6.45, 7) is 6.94. The van der Waals surface area contributed by atoms with Gasteiger partial charge in [-0.15, -0.1) is 11.3 Å². The zero-order valence-electron chi connectivity index (χ0n) is 19.2. The van der Waals surface area contributed by atoms with E-state index in [2.05, 4.69) is 12.2 Å². The van der Waals surface area contributed by atoms with E-state index >= 15 is 0 Å². The molecule has 7 heteroatoms. The second-order valence-corrected chi connectivity index (χ2v) is 8.96. The van der Waals surface area contributed by atoms with Crippen LogP contribution < -0.4 is 14.8 Å². The number of hydrogen-bond acceptors (Lipinski definition) is 6. The van der Waals surface area contributed by atoms with Crippen molar-refractivity contribution in [1.82, 2.24) is 0 Å².